The fourth-order valence-electron chi connectivity index (χ4n) is 1.99. The summed E-state index contributed by atoms with van der Waals surface area (Å²) in [5, 5.41) is 1.56. The van der Waals surface area contributed by atoms with Gasteiger partial charge in [-0.2, -0.15) is 0 Å². The zero-order chi connectivity index (χ0) is 14.2. The van der Waals surface area contributed by atoms with Gasteiger partial charge in [0.15, 0.2) is 0 Å². The molecule has 0 radical (unpaired) electrons. The van der Waals surface area contributed by atoms with E-state index in [1.54, 1.807) is 32.1 Å². The van der Waals surface area contributed by atoms with Crippen LogP contribution in [0.1, 0.15) is 5.56 Å². The maximum absolute atomic E-state index is 13.9. The van der Waals surface area contributed by atoms with Crippen molar-refractivity contribution in [2.45, 2.75) is 6.92 Å². The molecule has 0 bridgehead atoms. The van der Waals surface area contributed by atoms with Crippen molar-refractivity contribution in [3.63, 3.8) is 0 Å². The largest absolute Gasteiger partial charge is 0.316 e. The lowest BCUT2D eigenvalue weighted by atomic mass is 10.1. The molecule has 2 rings (SSSR count). The van der Waals surface area contributed by atoms with Gasteiger partial charge < -0.3 is 5.01 Å². The maximum Gasteiger partial charge on any atom is 0.269 e. The number of hydrogen-bond donors (Lipinski definition) is 0. The molecule has 1 aromatic heterocycles. The molecule has 0 saturated heterocycles. The minimum atomic E-state index is -0.694. The third kappa shape index (κ3) is 2.50. The summed E-state index contributed by atoms with van der Waals surface area (Å²) in [6.45, 7) is 1.76. The minimum absolute atomic E-state index is 0.191. The van der Waals surface area contributed by atoms with Gasteiger partial charge in [-0.05, 0) is 30.7 Å². The van der Waals surface area contributed by atoms with Crippen LogP contribution in [0.5, 0.6) is 0 Å². The predicted molar refractivity (Wildman–Crippen MR) is 70.9 cm³/mol. The second kappa shape index (κ2) is 4.84. The standard InChI is InChI=1S/C14H14F2N2O/c1-9-6-13(18(17(2)3)14(19)7-9)11-5-4-10(15)8-12(11)16/h4-8H,1-3H3. The Balaban J connectivity index is 2.77. The highest BCUT2D eigenvalue weighted by molar-refractivity contribution is 5.61. The molecule has 0 fully saturated rings. The first-order chi connectivity index (χ1) is 8.90. The van der Waals surface area contributed by atoms with Crippen LogP contribution in [-0.2, 0) is 0 Å². The van der Waals surface area contributed by atoms with Gasteiger partial charge in [-0.3, -0.25) is 4.79 Å². The van der Waals surface area contributed by atoms with E-state index in [9.17, 15) is 13.6 Å². The smallest absolute Gasteiger partial charge is 0.269 e. The van der Waals surface area contributed by atoms with Gasteiger partial charge >= 0.3 is 0 Å². The molecule has 0 amide bonds. The molecule has 0 saturated carbocycles. The third-order valence-electron chi connectivity index (χ3n) is 2.76. The van der Waals surface area contributed by atoms with Crippen molar-refractivity contribution >= 4 is 0 Å². The first-order valence-electron chi connectivity index (χ1n) is 5.77. The van der Waals surface area contributed by atoms with E-state index in [0.29, 0.717) is 5.69 Å². The normalized spacial score (nSPS) is 10.6. The molecule has 5 heteroatoms. The molecule has 1 aromatic carbocycles. The van der Waals surface area contributed by atoms with E-state index in [0.717, 1.165) is 11.6 Å². The second-order valence-electron chi connectivity index (χ2n) is 4.54. The van der Waals surface area contributed by atoms with E-state index in [1.165, 1.54) is 22.9 Å². The van der Waals surface area contributed by atoms with Gasteiger partial charge in [-0.25, -0.2) is 13.5 Å². The van der Waals surface area contributed by atoms with Crippen LogP contribution >= 0.6 is 0 Å². The summed E-state index contributed by atoms with van der Waals surface area (Å²) >= 11 is 0. The summed E-state index contributed by atoms with van der Waals surface area (Å²) < 4.78 is 28.2. The average Bonchev–Trinajstić information content (AvgIpc) is 2.26. The number of hydrogen-bond acceptors (Lipinski definition) is 2. The molecule has 0 aliphatic heterocycles. The van der Waals surface area contributed by atoms with Crippen LogP contribution in [0.3, 0.4) is 0 Å². The molecule has 0 spiro atoms. The van der Waals surface area contributed by atoms with Gasteiger partial charge in [-0.1, -0.05) is 0 Å². The highest BCUT2D eigenvalue weighted by Crippen LogP contribution is 2.23. The van der Waals surface area contributed by atoms with E-state index < -0.39 is 11.6 Å². The first kappa shape index (κ1) is 13.3. The van der Waals surface area contributed by atoms with Gasteiger partial charge in [0.25, 0.3) is 5.56 Å². The van der Waals surface area contributed by atoms with Crippen molar-refractivity contribution in [3.8, 4) is 11.3 Å². The van der Waals surface area contributed by atoms with E-state index in [-0.39, 0.29) is 11.1 Å². The Morgan fingerprint density at radius 3 is 2.37 bits per heavy atom. The molecule has 1 heterocycles. The zero-order valence-electron chi connectivity index (χ0n) is 10.9. The van der Waals surface area contributed by atoms with Crippen LogP contribution in [0.25, 0.3) is 11.3 Å². The SMILES string of the molecule is Cc1cc(-c2ccc(F)cc2F)n(N(C)C)c(=O)c1. The van der Waals surface area contributed by atoms with Crippen molar-refractivity contribution < 1.29 is 8.78 Å². The number of aromatic nitrogens is 1. The minimum Gasteiger partial charge on any atom is -0.316 e. The van der Waals surface area contributed by atoms with E-state index in [2.05, 4.69) is 0 Å². The molecule has 2 aromatic rings. The summed E-state index contributed by atoms with van der Waals surface area (Å²) in [5.74, 6) is -1.34. The molecular formula is C14H14F2N2O. The Kier molecular flexibility index (Phi) is 3.38. The summed E-state index contributed by atoms with van der Waals surface area (Å²) in [4.78, 5) is 12.0. The summed E-state index contributed by atoms with van der Waals surface area (Å²) in [7, 11) is 3.36. The molecule has 0 unspecified atom stereocenters. The van der Waals surface area contributed by atoms with Gasteiger partial charge in [0.1, 0.15) is 11.6 Å². The number of rotatable bonds is 2. The van der Waals surface area contributed by atoms with Gasteiger partial charge in [-0.15, -0.1) is 0 Å². The Morgan fingerprint density at radius 2 is 1.79 bits per heavy atom. The van der Waals surface area contributed by atoms with Crippen LogP contribution in [0, 0.1) is 18.6 Å². The topological polar surface area (TPSA) is 25.2 Å². The maximum atomic E-state index is 13.9. The highest BCUT2D eigenvalue weighted by Gasteiger charge is 2.13. The van der Waals surface area contributed by atoms with Crippen LogP contribution in [0.2, 0.25) is 0 Å². The molecule has 3 nitrogen and oxygen atoms in total. The van der Waals surface area contributed by atoms with Crippen molar-refractivity contribution in [1.82, 2.24) is 4.68 Å². The summed E-state index contributed by atoms with van der Waals surface area (Å²) in [5.41, 5.74) is 1.05. The molecule has 100 valence electrons. The Labute approximate surface area is 109 Å². The Bertz CT molecular complexity index is 678. The lowest BCUT2D eigenvalue weighted by Gasteiger charge is -2.21. The van der Waals surface area contributed by atoms with Crippen LogP contribution in [0.15, 0.2) is 35.1 Å². The molecule has 0 aliphatic carbocycles. The zero-order valence-corrected chi connectivity index (χ0v) is 10.9. The first-order valence-corrected chi connectivity index (χ1v) is 5.77. The van der Waals surface area contributed by atoms with E-state index >= 15 is 0 Å². The monoisotopic (exact) mass is 264 g/mol. The third-order valence-corrected chi connectivity index (χ3v) is 2.76. The summed E-state index contributed by atoms with van der Waals surface area (Å²) in [6, 6.07) is 6.47. The van der Waals surface area contributed by atoms with Gasteiger partial charge in [0.05, 0.1) is 5.69 Å². The van der Waals surface area contributed by atoms with Crippen LogP contribution in [0.4, 0.5) is 8.78 Å². The van der Waals surface area contributed by atoms with Crippen molar-refractivity contribution in [3.05, 3.63) is 57.9 Å². The van der Waals surface area contributed by atoms with Gasteiger partial charge in [0, 0.05) is 31.8 Å². The van der Waals surface area contributed by atoms with E-state index in [1.807, 2.05) is 0 Å². The number of aryl methyl sites for hydroxylation is 1. The van der Waals surface area contributed by atoms with Gasteiger partial charge in [0.2, 0.25) is 0 Å². The van der Waals surface area contributed by atoms with Crippen molar-refractivity contribution in [2.75, 3.05) is 19.1 Å². The molecule has 0 N–H and O–H groups in total. The summed E-state index contributed by atoms with van der Waals surface area (Å²) in [6.07, 6.45) is 0. The fourth-order valence-corrected chi connectivity index (χ4v) is 1.99. The highest BCUT2D eigenvalue weighted by atomic mass is 19.1. The molecule has 19 heavy (non-hydrogen) atoms. The lowest BCUT2D eigenvalue weighted by molar-refractivity contribution is 0.583. The number of benzene rings is 1. The lowest BCUT2D eigenvalue weighted by Crippen LogP contribution is -2.37. The van der Waals surface area contributed by atoms with Crippen molar-refractivity contribution in [2.24, 2.45) is 0 Å². The Hall–Kier alpha value is -2.17. The van der Waals surface area contributed by atoms with Crippen LogP contribution in [-0.4, -0.2) is 18.8 Å². The number of halogens is 2. The average molecular weight is 264 g/mol. The van der Waals surface area contributed by atoms with Crippen LogP contribution < -0.4 is 10.6 Å². The predicted octanol–water partition coefficient (Wildman–Crippen LogP) is 2.30. The fraction of sp³-hybridized carbons (Fsp3) is 0.214. The molecule has 0 aliphatic rings. The second-order valence-corrected chi connectivity index (χ2v) is 4.54. The Morgan fingerprint density at radius 1 is 1.11 bits per heavy atom. The number of nitrogens with zero attached hydrogens (tertiary/aromatic N) is 2. The van der Waals surface area contributed by atoms with E-state index in [4.69, 9.17) is 0 Å². The quantitative estimate of drug-likeness (QED) is 0.831. The molecule has 0 atom stereocenters. The number of pyridine rings is 1. The molecular weight excluding hydrogens is 250 g/mol. The van der Waals surface area contributed by atoms with Crippen molar-refractivity contribution in [1.29, 1.82) is 0 Å².